The molecular formula is C31H32N2O3. The normalized spacial score (nSPS) is 11.9. The molecule has 184 valence electrons. The summed E-state index contributed by atoms with van der Waals surface area (Å²) in [6, 6.07) is 21.4. The van der Waals surface area contributed by atoms with Crippen LogP contribution < -0.4 is 10.1 Å². The number of aliphatic hydroxyl groups excluding tert-OH is 1. The number of ether oxygens (including phenoxy) is 1. The fraction of sp³-hybridized carbons (Fsp3) is 0.258. The number of fused-ring (bicyclic) bond motifs is 2. The van der Waals surface area contributed by atoms with E-state index in [1.807, 2.05) is 26.0 Å². The highest BCUT2D eigenvalue weighted by Crippen LogP contribution is 2.32. The molecule has 2 aromatic carbocycles. The third-order valence-corrected chi connectivity index (χ3v) is 6.11. The summed E-state index contributed by atoms with van der Waals surface area (Å²) >= 11 is 0. The van der Waals surface area contributed by atoms with Gasteiger partial charge in [0.05, 0.1) is 29.9 Å². The van der Waals surface area contributed by atoms with Crippen LogP contribution in [-0.4, -0.2) is 34.3 Å². The monoisotopic (exact) mass is 480 g/mol. The molecule has 5 rings (SSSR count). The highest BCUT2D eigenvalue weighted by atomic mass is 16.5. The lowest BCUT2D eigenvalue weighted by atomic mass is 10.0. The van der Waals surface area contributed by atoms with Crippen LogP contribution in [0.2, 0.25) is 0 Å². The molecule has 0 radical (unpaired) electrons. The zero-order chi connectivity index (χ0) is 25.7. The van der Waals surface area contributed by atoms with Crippen LogP contribution in [0.15, 0.2) is 72.9 Å². The molecule has 0 saturated heterocycles. The summed E-state index contributed by atoms with van der Waals surface area (Å²) in [5.74, 6) is 2.65. The maximum absolute atomic E-state index is 13.0. The summed E-state index contributed by atoms with van der Waals surface area (Å²) in [7, 11) is 0. The van der Waals surface area contributed by atoms with Gasteiger partial charge in [-0.25, -0.2) is 0 Å². The van der Waals surface area contributed by atoms with Crippen LogP contribution in [0.25, 0.3) is 22.0 Å². The van der Waals surface area contributed by atoms with Gasteiger partial charge in [0.1, 0.15) is 5.75 Å². The van der Waals surface area contributed by atoms with Gasteiger partial charge in [-0.05, 0) is 68.1 Å². The minimum Gasteiger partial charge on any atom is -0.489 e. The van der Waals surface area contributed by atoms with Gasteiger partial charge in [0.2, 0.25) is 0 Å². The number of carbonyl (C=O) groups excluding carboxylic acids is 1. The molecular weight excluding hydrogens is 448 g/mol. The molecule has 5 heteroatoms. The lowest BCUT2D eigenvalue weighted by Gasteiger charge is -2.19. The lowest BCUT2D eigenvalue weighted by molar-refractivity contribution is 0.0910. The number of rotatable bonds is 8. The van der Waals surface area contributed by atoms with E-state index in [0.29, 0.717) is 23.3 Å². The fourth-order valence-electron chi connectivity index (χ4n) is 4.30. The maximum Gasteiger partial charge on any atom is 0.255 e. The van der Waals surface area contributed by atoms with Crippen molar-refractivity contribution in [3.05, 3.63) is 89.6 Å². The van der Waals surface area contributed by atoms with E-state index in [1.165, 1.54) is 11.1 Å². The number of terminal acetylenes is 1. The summed E-state index contributed by atoms with van der Waals surface area (Å²) in [6.45, 7) is 6.54. The number of benzene rings is 3. The van der Waals surface area contributed by atoms with Crippen molar-refractivity contribution in [3.63, 3.8) is 0 Å². The second-order valence-electron chi connectivity index (χ2n) is 9.09. The molecule has 2 N–H and O–H groups in total. The predicted octanol–water partition coefficient (Wildman–Crippen LogP) is 5.43. The minimum atomic E-state index is -0.435. The largest absolute Gasteiger partial charge is 0.489 e. The predicted molar refractivity (Wildman–Crippen MR) is 145 cm³/mol. The Morgan fingerprint density at radius 1 is 1.08 bits per heavy atom. The maximum atomic E-state index is 13.0. The van der Waals surface area contributed by atoms with Crippen LogP contribution in [0, 0.1) is 12.3 Å². The van der Waals surface area contributed by atoms with Crippen molar-refractivity contribution in [2.45, 2.75) is 45.9 Å². The van der Waals surface area contributed by atoms with Gasteiger partial charge >= 0.3 is 0 Å². The number of aliphatic hydroxyl groups is 1. The molecule has 36 heavy (non-hydrogen) atoms. The molecule has 0 saturated carbocycles. The molecule has 2 aliphatic carbocycles. The SMILES string of the molecule is C#Cc1cccc(C(=O)N[C@@H](CO)Cc2cn(CC)c3ccccc23)c1OC(C)C.c1cc2cc-2c1. The van der Waals surface area contributed by atoms with Gasteiger partial charge in [0.25, 0.3) is 5.91 Å². The molecule has 3 aromatic rings. The third-order valence-electron chi connectivity index (χ3n) is 6.11. The molecule has 0 unspecified atom stereocenters. The van der Waals surface area contributed by atoms with Gasteiger partial charge in [-0.1, -0.05) is 48.4 Å². The van der Waals surface area contributed by atoms with Gasteiger partial charge < -0.3 is 19.7 Å². The molecule has 5 nitrogen and oxygen atoms in total. The smallest absolute Gasteiger partial charge is 0.255 e. The number of amides is 1. The number of hydrogen-bond acceptors (Lipinski definition) is 3. The van der Waals surface area contributed by atoms with Crippen LogP contribution in [0.4, 0.5) is 0 Å². The second-order valence-corrected chi connectivity index (χ2v) is 9.09. The van der Waals surface area contributed by atoms with Crippen molar-refractivity contribution in [1.29, 1.82) is 0 Å². The Morgan fingerprint density at radius 3 is 2.39 bits per heavy atom. The number of nitrogens with one attached hydrogen (secondary N) is 1. The van der Waals surface area contributed by atoms with Gasteiger partial charge in [-0.15, -0.1) is 6.42 Å². The molecule has 0 fully saturated rings. The van der Waals surface area contributed by atoms with Crippen molar-refractivity contribution in [2.75, 3.05) is 6.61 Å². The Bertz CT molecular complexity index is 1390. The average molecular weight is 481 g/mol. The highest BCUT2D eigenvalue weighted by Gasteiger charge is 2.21. The lowest BCUT2D eigenvalue weighted by Crippen LogP contribution is -2.39. The summed E-state index contributed by atoms with van der Waals surface area (Å²) < 4.78 is 8.00. The van der Waals surface area contributed by atoms with Gasteiger partial charge in [0.15, 0.2) is 0 Å². The number of aromatic nitrogens is 1. The third kappa shape index (κ3) is 5.62. The zero-order valence-electron chi connectivity index (χ0n) is 21.0. The average Bonchev–Trinajstić information content (AvgIpc) is 3.32. The van der Waals surface area contributed by atoms with Crippen LogP contribution in [0.1, 0.15) is 42.3 Å². The summed E-state index contributed by atoms with van der Waals surface area (Å²) in [6.07, 6.45) is 8.07. The highest BCUT2D eigenvalue weighted by molar-refractivity contribution is 5.98. The Labute approximate surface area is 212 Å². The molecule has 1 aromatic heterocycles. The van der Waals surface area contributed by atoms with E-state index in [9.17, 15) is 9.90 Å². The molecule has 1 amide bonds. The quantitative estimate of drug-likeness (QED) is 0.291. The van der Waals surface area contributed by atoms with E-state index in [1.54, 1.807) is 18.2 Å². The van der Waals surface area contributed by atoms with Crippen molar-refractivity contribution in [1.82, 2.24) is 9.88 Å². The Hall–Kier alpha value is -4.01. The first kappa shape index (κ1) is 25.1. The second kappa shape index (κ2) is 11.2. The van der Waals surface area contributed by atoms with Crippen molar-refractivity contribution < 1.29 is 14.6 Å². The number of hydrogen-bond donors (Lipinski definition) is 2. The number of carbonyl (C=O) groups is 1. The molecule has 0 spiro atoms. The summed E-state index contributed by atoms with van der Waals surface area (Å²) in [4.78, 5) is 13.0. The van der Waals surface area contributed by atoms with E-state index in [-0.39, 0.29) is 18.6 Å². The number of aryl methyl sites for hydroxylation is 1. The molecule has 1 heterocycles. The molecule has 2 aliphatic rings. The fourth-order valence-corrected chi connectivity index (χ4v) is 4.30. The Balaban J connectivity index is 0.000000434. The van der Waals surface area contributed by atoms with Gasteiger partial charge in [-0.3, -0.25) is 4.79 Å². The topological polar surface area (TPSA) is 63.5 Å². The van der Waals surface area contributed by atoms with Crippen molar-refractivity contribution in [2.24, 2.45) is 0 Å². The van der Waals surface area contributed by atoms with Crippen LogP contribution in [-0.2, 0) is 13.0 Å². The minimum absolute atomic E-state index is 0.125. The first-order chi connectivity index (χ1) is 17.4. The first-order valence-electron chi connectivity index (χ1n) is 12.3. The Kier molecular flexibility index (Phi) is 7.77. The van der Waals surface area contributed by atoms with E-state index in [4.69, 9.17) is 11.2 Å². The standard InChI is InChI=1S/C25H28N2O3.C6H4/c1-5-18-10-9-12-22(24(18)30-17(3)4)25(29)26-20(16-28)14-19-15-27(6-2)23-13-8-7-11-21(19)23;1-2-5-4-6(5)3-1/h1,7-13,15,17,20,28H,6,14,16H2,2-4H3,(H,26,29);1-4H/t20-;/m1./s1. The van der Waals surface area contributed by atoms with Crippen LogP contribution in [0.5, 0.6) is 5.75 Å². The van der Waals surface area contributed by atoms with E-state index >= 15 is 0 Å². The number of nitrogens with zero attached hydrogens (tertiary/aromatic N) is 1. The van der Waals surface area contributed by atoms with Crippen molar-refractivity contribution in [3.8, 4) is 29.2 Å². The first-order valence-corrected chi connectivity index (χ1v) is 12.3. The molecule has 0 bridgehead atoms. The zero-order valence-corrected chi connectivity index (χ0v) is 21.0. The van der Waals surface area contributed by atoms with E-state index in [2.05, 4.69) is 65.3 Å². The van der Waals surface area contributed by atoms with Crippen LogP contribution in [0.3, 0.4) is 0 Å². The molecule has 1 atom stereocenters. The Morgan fingerprint density at radius 2 is 1.81 bits per heavy atom. The summed E-state index contributed by atoms with van der Waals surface area (Å²) in [5, 5.41) is 14.0. The summed E-state index contributed by atoms with van der Waals surface area (Å²) in [5.41, 5.74) is 5.98. The van der Waals surface area contributed by atoms with Crippen LogP contribution >= 0.6 is 0 Å². The molecule has 0 aliphatic heterocycles. The number of para-hydroxylation sites is 2. The van der Waals surface area contributed by atoms with E-state index < -0.39 is 6.04 Å². The van der Waals surface area contributed by atoms with E-state index in [0.717, 1.165) is 23.0 Å². The van der Waals surface area contributed by atoms with Gasteiger partial charge in [-0.2, -0.15) is 0 Å². The van der Waals surface area contributed by atoms with Gasteiger partial charge in [0, 0.05) is 23.6 Å². The van der Waals surface area contributed by atoms with Crippen molar-refractivity contribution >= 4 is 16.8 Å².